The van der Waals surface area contributed by atoms with Crippen LogP contribution in [0.15, 0.2) is 18.2 Å². The fraction of sp³-hybridized carbons (Fsp3) is 0.600. The normalized spacial score (nSPS) is 11.5. The van der Waals surface area contributed by atoms with Gasteiger partial charge in [0.2, 0.25) is 0 Å². The lowest BCUT2D eigenvalue weighted by Gasteiger charge is -2.26. The third-order valence-corrected chi connectivity index (χ3v) is 3.94. The molecule has 0 amide bonds. The van der Waals surface area contributed by atoms with Crippen molar-refractivity contribution in [3.05, 3.63) is 33.8 Å². The summed E-state index contributed by atoms with van der Waals surface area (Å²) < 4.78 is 0. The Bertz CT molecular complexity index is 364. The van der Waals surface area contributed by atoms with E-state index in [0.717, 1.165) is 13.0 Å². The smallest absolute Gasteiger partial charge is 0.0595 e. The molecule has 0 aliphatic carbocycles. The lowest BCUT2D eigenvalue weighted by molar-refractivity contribution is 0.221. The highest BCUT2D eigenvalue weighted by Gasteiger charge is 2.09. The molecule has 0 atom stereocenters. The monoisotopic (exact) mass is 287 g/mol. The van der Waals surface area contributed by atoms with Gasteiger partial charge in [0.25, 0.3) is 0 Å². The van der Waals surface area contributed by atoms with Crippen molar-refractivity contribution in [2.45, 2.75) is 46.1 Å². The second kappa shape index (κ2) is 8.04. The SMILES string of the molecule is CCCCN(CCc1ccc(Cl)c(Cl)c1)C(C)C. The Morgan fingerprint density at radius 1 is 1.11 bits per heavy atom. The van der Waals surface area contributed by atoms with Crippen molar-refractivity contribution in [3.8, 4) is 0 Å². The second-order valence-corrected chi connectivity index (χ2v) is 5.80. The summed E-state index contributed by atoms with van der Waals surface area (Å²) in [6, 6.07) is 6.51. The molecular formula is C15H23Cl2N. The quantitative estimate of drug-likeness (QED) is 0.679. The number of benzene rings is 1. The Morgan fingerprint density at radius 3 is 2.39 bits per heavy atom. The molecule has 102 valence electrons. The van der Waals surface area contributed by atoms with Crippen molar-refractivity contribution in [2.75, 3.05) is 13.1 Å². The maximum absolute atomic E-state index is 6.03. The van der Waals surface area contributed by atoms with E-state index in [2.05, 4.69) is 31.7 Å². The Hall–Kier alpha value is -0.240. The Morgan fingerprint density at radius 2 is 1.83 bits per heavy atom. The van der Waals surface area contributed by atoms with Crippen molar-refractivity contribution in [1.82, 2.24) is 4.90 Å². The predicted octanol–water partition coefficient (Wildman–Crippen LogP) is 5.05. The predicted molar refractivity (Wildman–Crippen MR) is 81.8 cm³/mol. The first-order valence-corrected chi connectivity index (χ1v) is 7.48. The van der Waals surface area contributed by atoms with Gasteiger partial charge in [0, 0.05) is 12.6 Å². The van der Waals surface area contributed by atoms with Crippen LogP contribution in [0, 0.1) is 0 Å². The number of nitrogens with zero attached hydrogens (tertiary/aromatic N) is 1. The molecule has 0 saturated heterocycles. The summed E-state index contributed by atoms with van der Waals surface area (Å²) in [5.74, 6) is 0. The zero-order valence-corrected chi connectivity index (χ0v) is 13.1. The standard InChI is InChI=1S/C15H23Cl2N/c1-4-5-9-18(12(2)3)10-8-13-6-7-14(16)15(17)11-13/h6-7,11-12H,4-5,8-10H2,1-3H3. The van der Waals surface area contributed by atoms with Crippen LogP contribution in [0.5, 0.6) is 0 Å². The first-order valence-electron chi connectivity index (χ1n) is 6.72. The third-order valence-electron chi connectivity index (χ3n) is 3.20. The summed E-state index contributed by atoms with van der Waals surface area (Å²) in [7, 11) is 0. The van der Waals surface area contributed by atoms with E-state index in [-0.39, 0.29) is 0 Å². The van der Waals surface area contributed by atoms with Crippen molar-refractivity contribution in [2.24, 2.45) is 0 Å². The number of halogens is 2. The highest BCUT2D eigenvalue weighted by atomic mass is 35.5. The minimum atomic E-state index is 0.597. The number of rotatable bonds is 7. The van der Waals surface area contributed by atoms with Crippen LogP contribution in [-0.4, -0.2) is 24.0 Å². The second-order valence-electron chi connectivity index (χ2n) is 4.98. The van der Waals surface area contributed by atoms with E-state index in [1.165, 1.54) is 24.9 Å². The van der Waals surface area contributed by atoms with Gasteiger partial charge in [-0.25, -0.2) is 0 Å². The topological polar surface area (TPSA) is 3.24 Å². The number of unbranched alkanes of at least 4 members (excludes halogenated alkanes) is 1. The van der Waals surface area contributed by atoms with E-state index < -0.39 is 0 Å². The summed E-state index contributed by atoms with van der Waals surface area (Å²) >= 11 is 11.9. The van der Waals surface area contributed by atoms with Crippen molar-refractivity contribution >= 4 is 23.2 Å². The largest absolute Gasteiger partial charge is 0.301 e. The van der Waals surface area contributed by atoms with Crippen LogP contribution in [0.25, 0.3) is 0 Å². The average Bonchev–Trinajstić information content (AvgIpc) is 2.33. The van der Waals surface area contributed by atoms with Crippen LogP contribution in [-0.2, 0) is 6.42 Å². The summed E-state index contributed by atoms with van der Waals surface area (Å²) in [5, 5.41) is 1.28. The minimum Gasteiger partial charge on any atom is -0.301 e. The molecule has 1 nitrogen and oxygen atoms in total. The Kier molecular flexibility index (Phi) is 7.06. The molecule has 0 N–H and O–H groups in total. The molecule has 0 fully saturated rings. The lowest BCUT2D eigenvalue weighted by atomic mass is 10.1. The van der Waals surface area contributed by atoms with E-state index in [1.54, 1.807) is 0 Å². The van der Waals surface area contributed by atoms with Gasteiger partial charge in [-0.05, 0) is 50.9 Å². The molecule has 0 aliphatic rings. The molecule has 0 aliphatic heterocycles. The maximum atomic E-state index is 6.03. The molecule has 1 aromatic carbocycles. The number of hydrogen-bond donors (Lipinski definition) is 0. The van der Waals surface area contributed by atoms with Gasteiger partial charge < -0.3 is 4.90 Å². The molecule has 3 heteroatoms. The van der Waals surface area contributed by atoms with E-state index >= 15 is 0 Å². The van der Waals surface area contributed by atoms with Gasteiger partial charge in [0.15, 0.2) is 0 Å². The fourth-order valence-corrected chi connectivity index (χ4v) is 2.28. The molecular weight excluding hydrogens is 265 g/mol. The van der Waals surface area contributed by atoms with Gasteiger partial charge in [-0.2, -0.15) is 0 Å². The molecule has 0 aromatic heterocycles. The number of hydrogen-bond acceptors (Lipinski definition) is 1. The van der Waals surface area contributed by atoms with E-state index in [4.69, 9.17) is 23.2 Å². The summed E-state index contributed by atoms with van der Waals surface area (Å²) in [5.41, 5.74) is 1.26. The Balaban J connectivity index is 2.52. The Labute approximate surface area is 121 Å². The van der Waals surface area contributed by atoms with Crippen LogP contribution >= 0.6 is 23.2 Å². The third kappa shape index (κ3) is 5.17. The van der Waals surface area contributed by atoms with Crippen LogP contribution in [0.4, 0.5) is 0 Å². The first-order chi connectivity index (χ1) is 8.54. The lowest BCUT2D eigenvalue weighted by Crippen LogP contribution is -2.33. The zero-order chi connectivity index (χ0) is 13.5. The van der Waals surface area contributed by atoms with Crippen LogP contribution in [0.2, 0.25) is 10.0 Å². The summed E-state index contributed by atoms with van der Waals surface area (Å²) in [6.45, 7) is 9.00. The molecule has 0 bridgehead atoms. The van der Waals surface area contributed by atoms with Gasteiger partial charge >= 0.3 is 0 Å². The summed E-state index contributed by atoms with van der Waals surface area (Å²) in [6.07, 6.45) is 3.54. The fourth-order valence-electron chi connectivity index (χ4n) is 1.96. The van der Waals surface area contributed by atoms with Crippen LogP contribution in [0.3, 0.4) is 0 Å². The molecule has 0 unspecified atom stereocenters. The van der Waals surface area contributed by atoms with Crippen LogP contribution in [0.1, 0.15) is 39.2 Å². The zero-order valence-electron chi connectivity index (χ0n) is 11.5. The van der Waals surface area contributed by atoms with E-state index in [0.29, 0.717) is 16.1 Å². The summed E-state index contributed by atoms with van der Waals surface area (Å²) in [4.78, 5) is 2.52. The molecule has 0 heterocycles. The molecule has 0 spiro atoms. The van der Waals surface area contributed by atoms with Gasteiger partial charge in [-0.3, -0.25) is 0 Å². The molecule has 0 saturated carbocycles. The maximum Gasteiger partial charge on any atom is 0.0595 e. The van der Waals surface area contributed by atoms with E-state index in [1.807, 2.05) is 12.1 Å². The van der Waals surface area contributed by atoms with Crippen molar-refractivity contribution in [1.29, 1.82) is 0 Å². The minimum absolute atomic E-state index is 0.597. The van der Waals surface area contributed by atoms with Crippen molar-refractivity contribution in [3.63, 3.8) is 0 Å². The average molecular weight is 288 g/mol. The highest BCUT2D eigenvalue weighted by molar-refractivity contribution is 6.42. The van der Waals surface area contributed by atoms with Crippen LogP contribution < -0.4 is 0 Å². The molecule has 0 radical (unpaired) electrons. The van der Waals surface area contributed by atoms with Gasteiger partial charge in [-0.1, -0.05) is 42.6 Å². The van der Waals surface area contributed by atoms with Gasteiger partial charge in [0.1, 0.15) is 0 Å². The first kappa shape index (κ1) is 15.8. The molecule has 1 aromatic rings. The van der Waals surface area contributed by atoms with E-state index in [9.17, 15) is 0 Å². The van der Waals surface area contributed by atoms with Gasteiger partial charge in [0.05, 0.1) is 10.0 Å². The van der Waals surface area contributed by atoms with Crippen molar-refractivity contribution < 1.29 is 0 Å². The molecule has 18 heavy (non-hydrogen) atoms. The molecule has 1 rings (SSSR count). The highest BCUT2D eigenvalue weighted by Crippen LogP contribution is 2.23. The van der Waals surface area contributed by atoms with Gasteiger partial charge in [-0.15, -0.1) is 0 Å².